The Morgan fingerprint density at radius 3 is 2.86 bits per heavy atom. The van der Waals surface area contributed by atoms with Gasteiger partial charge in [0.25, 0.3) is 5.91 Å². The Morgan fingerprint density at radius 1 is 1.43 bits per heavy atom. The van der Waals surface area contributed by atoms with Crippen molar-refractivity contribution >= 4 is 11.6 Å². The second kappa shape index (κ2) is 3.01. The average Bonchev–Trinajstić information content (AvgIpc) is 2.16. The van der Waals surface area contributed by atoms with E-state index in [2.05, 4.69) is 0 Å². The van der Waals surface area contributed by atoms with Gasteiger partial charge in [0.05, 0.1) is 5.69 Å². The third-order valence-electron chi connectivity index (χ3n) is 2.46. The molecule has 0 aromatic heterocycles. The lowest BCUT2D eigenvalue weighted by Gasteiger charge is -2.30. The summed E-state index contributed by atoms with van der Waals surface area (Å²) in [5.41, 5.74) is 1.98. The van der Waals surface area contributed by atoms with Gasteiger partial charge in [-0.3, -0.25) is 4.79 Å². The Balaban J connectivity index is 2.51. The Kier molecular flexibility index (Phi) is 1.95. The quantitative estimate of drug-likeness (QED) is 0.625. The summed E-state index contributed by atoms with van der Waals surface area (Å²) in [5.74, 6) is 0.785. The summed E-state index contributed by atoms with van der Waals surface area (Å²) in [4.78, 5) is 13.2. The topological polar surface area (TPSA) is 29.5 Å². The highest BCUT2D eigenvalue weighted by atomic mass is 16.5. The highest BCUT2D eigenvalue weighted by Gasteiger charge is 2.28. The first-order chi connectivity index (χ1) is 6.59. The third-order valence-corrected chi connectivity index (χ3v) is 2.46. The fourth-order valence-corrected chi connectivity index (χ4v) is 1.62. The highest BCUT2D eigenvalue weighted by Crippen LogP contribution is 2.33. The van der Waals surface area contributed by atoms with Gasteiger partial charge in [0.15, 0.2) is 6.10 Å². The number of carbonyl (C=O) groups excluding carboxylic acids is 1. The molecule has 0 saturated carbocycles. The fourth-order valence-electron chi connectivity index (χ4n) is 1.62. The van der Waals surface area contributed by atoms with Gasteiger partial charge in [-0.15, -0.1) is 0 Å². The Bertz CT molecular complexity index is 387. The predicted molar refractivity (Wildman–Crippen MR) is 54.7 cm³/mol. The van der Waals surface area contributed by atoms with Gasteiger partial charge < -0.3 is 9.64 Å². The second-order valence-corrected chi connectivity index (χ2v) is 3.63. The van der Waals surface area contributed by atoms with Crippen molar-refractivity contribution in [3.8, 4) is 5.75 Å². The molecule has 0 radical (unpaired) electrons. The molecular weight excluding hydrogens is 178 g/mol. The minimum absolute atomic E-state index is 0.00287. The molecule has 0 spiro atoms. The van der Waals surface area contributed by atoms with Gasteiger partial charge in [0, 0.05) is 7.05 Å². The van der Waals surface area contributed by atoms with Crippen LogP contribution in [0.2, 0.25) is 0 Å². The van der Waals surface area contributed by atoms with E-state index >= 15 is 0 Å². The number of carbonyl (C=O) groups is 1. The number of nitrogens with zero attached hydrogens (tertiary/aromatic N) is 1. The molecule has 3 nitrogen and oxygen atoms in total. The number of aryl methyl sites for hydroxylation is 1. The zero-order valence-corrected chi connectivity index (χ0v) is 8.57. The van der Waals surface area contributed by atoms with Crippen molar-refractivity contribution < 1.29 is 9.53 Å². The number of amides is 1. The van der Waals surface area contributed by atoms with E-state index in [4.69, 9.17) is 4.74 Å². The monoisotopic (exact) mass is 191 g/mol. The summed E-state index contributed by atoms with van der Waals surface area (Å²) in [6.45, 7) is 3.76. The van der Waals surface area contributed by atoms with Gasteiger partial charge in [0.2, 0.25) is 0 Å². The number of fused-ring (bicyclic) bond motifs is 1. The first kappa shape index (κ1) is 9.06. The summed E-state index contributed by atoms with van der Waals surface area (Å²) in [6.07, 6.45) is -0.379. The molecule has 0 fully saturated rings. The maximum absolute atomic E-state index is 11.6. The molecule has 1 aromatic rings. The van der Waals surface area contributed by atoms with Crippen LogP contribution in [0.25, 0.3) is 0 Å². The molecule has 1 atom stereocenters. The zero-order valence-electron chi connectivity index (χ0n) is 8.57. The van der Waals surface area contributed by atoms with E-state index in [9.17, 15) is 4.79 Å². The molecule has 3 heteroatoms. The van der Waals surface area contributed by atoms with Gasteiger partial charge in [-0.25, -0.2) is 0 Å². The van der Waals surface area contributed by atoms with Crippen molar-refractivity contribution in [2.24, 2.45) is 0 Å². The lowest BCUT2D eigenvalue weighted by Crippen LogP contribution is -2.41. The molecule has 2 rings (SSSR count). The van der Waals surface area contributed by atoms with Crippen LogP contribution in [0, 0.1) is 6.92 Å². The normalized spacial score (nSPS) is 20.4. The van der Waals surface area contributed by atoms with Gasteiger partial charge >= 0.3 is 0 Å². The SMILES string of the molecule is Cc1ccc2c(c1)N(C)C(=O)[C@H](C)O2. The maximum Gasteiger partial charge on any atom is 0.267 e. The number of ether oxygens (including phenoxy) is 1. The summed E-state index contributed by atoms with van der Waals surface area (Å²) in [6, 6.07) is 5.85. The van der Waals surface area contributed by atoms with E-state index in [1.54, 1.807) is 18.9 Å². The molecule has 1 aromatic carbocycles. The van der Waals surface area contributed by atoms with Crippen LogP contribution < -0.4 is 9.64 Å². The molecule has 0 bridgehead atoms. The van der Waals surface area contributed by atoms with Crippen molar-refractivity contribution in [1.82, 2.24) is 0 Å². The molecule has 74 valence electrons. The first-order valence-corrected chi connectivity index (χ1v) is 4.64. The molecule has 0 N–H and O–H groups in total. The number of anilines is 1. The van der Waals surface area contributed by atoms with Crippen LogP contribution in [0.5, 0.6) is 5.75 Å². The minimum Gasteiger partial charge on any atom is -0.479 e. The van der Waals surface area contributed by atoms with Crippen LogP contribution in [-0.4, -0.2) is 19.1 Å². The molecule has 14 heavy (non-hydrogen) atoms. The lowest BCUT2D eigenvalue weighted by atomic mass is 10.1. The zero-order chi connectivity index (χ0) is 10.3. The average molecular weight is 191 g/mol. The van der Waals surface area contributed by atoms with Gasteiger partial charge in [-0.05, 0) is 31.5 Å². The molecule has 0 saturated heterocycles. The largest absolute Gasteiger partial charge is 0.479 e. The van der Waals surface area contributed by atoms with E-state index in [-0.39, 0.29) is 12.0 Å². The summed E-state index contributed by atoms with van der Waals surface area (Å²) in [7, 11) is 1.78. The highest BCUT2D eigenvalue weighted by molar-refractivity contribution is 5.99. The molecule has 1 amide bonds. The van der Waals surface area contributed by atoms with E-state index in [1.165, 1.54) is 0 Å². The number of likely N-dealkylation sites (N-methyl/N-ethyl adjacent to an activating group) is 1. The van der Waals surface area contributed by atoms with Crippen molar-refractivity contribution in [1.29, 1.82) is 0 Å². The van der Waals surface area contributed by atoms with Crippen LogP contribution in [0.15, 0.2) is 18.2 Å². The van der Waals surface area contributed by atoms with Gasteiger partial charge in [-0.2, -0.15) is 0 Å². The van der Waals surface area contributed by atoms with Crippen molar-refractivity contribution in [2.75, 3.05) is 11.9 Å². The van der Waals surface area contributed by atoms with Crippen LogP contribution in [0.1, 0.15) is 12.5 Å². The van der Waals surface area contributed by atoms with Crippen LogP contribution in [0.4, 0.5) is 5.69 Å². The molecule has 1 heterocycles. The number of hydrogen-bond acceptors (Lipinski definition) is 2. The van der Waals surface area contributed by atoms with Crippen molar-refractivity contribution in [2.45, 2.75) is 20.0 Å². The number of rotatable bonds is 0. The Morgan fingerprint density at radius 2 is 2.14 bits per heavy atom. The van der Waals surface area contributed by atoms with Crippen LogP contribution in [0.3, 0.4) is 0 Å². The summed E-state index contributed by atoms with van der Waals surface area (Å²) >= 11 is 0. The van der Waals surface area contributed by atoms with Gasteiger partial charge in [0.1, 0.15) is 5.75 Å². The standard InChI is InChI=1S/C11H13NO2/c1-7-4-5-10-9(6-7)12(3)11(13)8(2)14-10/h4-6,8H,1-3H3/t8-/m0/s1. The predicted octanol–water partition coefficient (Wildman–Crippen LogP) is 1.74. The number of hydrogen-bond donors (Lipinski definition) is 0. The third kappa shape index (κ3) is 1.25. The molecule has 0 aliphatic carbocycles. The Labute approximate surface area is 83.3 Å². The molecule has 1 aliphatic heterocycles. The second-order valence-electron chi connectivity index (χ2n) is 3.63. The lowest BCUT2D eigenvalue weighted by molar-refractivity contribution is -0.125. The van der Waals surface area contributed by atoms with Crippen LogP contribution >= 0.6 is 0 Å². The smallest absolute Gasteiger partial charge is 0.267 e. The van der Waals surface area contributed by atoms with Crippen molar-refractivity contribution in [3.63, 3.8) is 0 Å². The van der Waals surface area contributed by atoms with E-state index < -0.39 is 0 Å². The minimum atomic E-state index is -0.379. The molecule has 1 aliphatic rings. The van der Waals surface area contributed by atoms with Crippen molar-refractivity contribution in [3.05, 3.63) is 23.8 Å². The molecular formula is C11H13NO2. The maximum atomic E-state index is 11.6. The van der Waals surface area contributed by atoms with Crippen LogP contribution in [-0.2, 0) is 4.79 Å². The first-order valence-electron chi connectivity index (χ1n) is 4.64. The Hall–Kier alpha value is -1.51. The molecule has 0 unspecified atom stereocenters. The van der Waals surface area contributed by atoms with Gasteiger partial charge in [-0.1, -0.05) is 6.07 Å². The fraction of sp³-hybridized carbons (Fsp3) is 0.364. The van der Waals surface area contributed by atoms with E-state index in [1.807, 2.05) is 25.1 Å². The summed E-state index contributed by atoms with van der Waals surface area (Å²) in [5, 5.41) is 0. The summed E-state index contributed by atoms with van der Waals surface area (Å²) < 4.78 is 5.48. The van der Waals surface area contributed by atoms with E-state index in [0.717, 1.165) is 17.0 Å². The number of benzene rings is 1. The van der Waals surface area contributed by atoms with E-state index in [0.29, 0.717) is 0 Å².